The fourth-order valence-electron chi connectivity index (χ4n) is 1.78. The standard InChI is InChI=1S/C13H16O3/c14-13-8-4-7-12(16-13)10-15-9-11-5-2-1-3-6-11/h1-3,5-6,12H,4,7-10H2/t12-/m1/s1. The van der Waals surface area contributed by atoms with E-state index in [4.69, 9.17) is 9.47 Å². The molecule has 0 saturated carbocycles. The highest BCUT2D eigenvalue weighted by Crippen LogP contribution is 2.14. The highest BCUT2D eigenvalue weighted by atomic mass is 16.6. The van der Waals surface area contributed by atoms with E-state index < -0.39 is 0 Å². The molecular formula is C13H16O3. The summed E-state index contributed by atoms with van der Waals surface area (Å²) in [5.74, 6) is -0.0976. The molecule has 0 aliphatic carbocycles. The molecule has 16 heavy (non-hydrogen) atoms. The van der Waals surface area contributed by atoms with Crippen LogP contribution < -0.4 is 0 Å². The number of cyclic esters (lactones) is 1. The minimum Gasteiger partial charge on any atom is -0.460 e. The van der Waals surface area contributed by atoms with Crippen LogP contribution in [0.15, 0.2) is 30.3 Å². The average molecular weight is 220 g/mol. The van der Waals surface area contributed by atoms with Crippen LogP contribution in [0, 0.1) is 0 Å². The first-order chi connectivity index (χ1) is 7.84. The molecule has 0 bridgehead atoms. The van der Waals surface area contributed by atoms with Crippen LogP contribution in [-0.4, -0.2) is 18.7 Å². The van der Waals surface area contributed by atoms with Crippen molar-refractivity contribution < 1.29 is 14.3 Å². The van der Waals surface area contributed by atoms with E-state index in [1.807, 2.05) is 30.3 Å². The number of esters is 1. The van der Waals surface area contributed by atoms with Crippen LogP contribution in [0.2, 0.25) is 0 Å². The van der Waals surface area contributed by atoms with Crippen molar-refractivity contribution in [2.24, 2.45) is 0 Å². The summed E-state index contributed by atoms with van der Waals surface area (Å²) >= 11 is 0. The number of carbonyl (C=O) groups excluding carboxylic acids is 1. The van der Waals surface area contributed by atoms with E-state index in [-0.39, 0.29) is 12.1 Å². The molecule has 0 amide bonds. The molecule has 0 unspecified atom stereocenters. The van der Waals surface area contributed by atoms with Gasteiger partial charge in [-0.25, -0.2) is 0 Å². The molecule has 1 aliphatic heterocycles. The largest absolute Gasteiger partial charge is 0.460 e. The summed E-state index contributed by atoms with van der Waals surface area (Å²) in [5, 5.41) is 0. The molecule has 3 nitrogen and oxygen atoms in total. The van der Waals surface area contributed by atoms with Gasteiger partial charge >= 0.3 is 5.97 Å². The molecule has 0 spiro atoms. The van der Waals surface area contributed by atoms with Crippen molar-refractivity contribution in [3.63, 3.8) is 0 Å². The van der Waals surface area contributed by atoms with E-state index in [2.05, 4.69) is 0 Å². The zero-order valence-corrected chi connectivity index (χ0v) is 9.22. The van der Waals surface area contributed by atoms with Gasteiger partial charge in [-0.1, -0.05) is 30.3 Å². The number of ether oxygens (including phenoxy) is 2. The SMILES string of the molecule is O=C1CCC[C@H](COCc2ccccc2)O1. The maximum Gasteiger partial charge on any atom is 0.306 e. The Bertz CT molecular complexity index is 334. The van der Waals surface area contributed by atoms with Gasteiger partial charge < -0.3 is 9.47 Å². The second-order valence-corrected chi connectivity index (χ2v) is 4.00. The Morgan fingerprint density at radius 2 is 2.12 bits per heavy atom. The predicted octanol–water partition coefficient (Wildman–Crippen LogP) is 2.30. The van der Waals surface area contributed by atoms with Crippen molar-refractivity contribution in [3.8, 4) is 0 Å². The van der Waals surface area contributed by atoms with Crippen LogP contribution in [0.5, 0.6) is 0 Å². The number of carbonyl (C=O) groups is 1. The first kappa shape index (κ1) is 11.1. The Kier molecular flexibility index (Phi) is 3.94. The zero-order valence-electron chi connectivity index (χ0n) is 9.22. The molecule has 1 atom stereocenters. The number of rotatable bonds is 4. The predicted molar refractivity (Wildman–Crippen MR) is 59.8 cm³/mol. The van der Waals surface area contributed by atoms with Crippen molar-refractivity contribution >= 4 is 5.97 Å². The molecule has 2 rings (SSSR count). The van der Waals surface area contributed by atoms with E-state index in [1.165, 1.54) is 0 Å². The number of hydrogen-bond acceptors (Lipinski definition) is 3. The summed E-state index contributed by atoms with van der Waals surface area (Å²) in [7, 11) is 0. The number of benzene rings is 1. The van der Waals surface area contributed by atoms with Crippen molar-refractivity contribution in [3.05, 3.63) is 35.9 Å². The molecule has 1 aromatic carbocycles. The van der Waals surface area contributed by atoms with Gasteiger partial charge in [0.2, 0.25) is 0 Å². The Morgan fingerprint density at radius 1 is 1.31 bits per heavy atom. The summed E-state index contributed by atoms with van der Waals surface area (Å²) in [4.78, 5) is 11.0. The topological polar surface area (TPSA) is 35.5 Å². The molecule has 0 N–H and O–H groups in total. The lowest BCUT2D eigenvalue weighted by molar-refractivity contribution is -0.157. The molecule has 86 valence electrons. The van der Waals surface area contributed by atoms with Crippen molar-refractivity contribution in [1.82, 2.24) is 0 Å². The van der Waals surface area contributed by atoms with E-state index in [0.29, 0.717) is 19.6 Å². The molecule has 3 heteroatoms. The molecule has 1 heterocycles. The Balaban J connectivity index is 1.70. The third-order valence-corrected chi connectivity index (χ3v) is 2.62. The lowest BCUT2D eigenvalue weighted by atomic mass is 10.1. The third-order valence-electron chi connectivity index (χ3n) is 2.62. The Hall–Kier alpha value is -1.35. The van der Waals surface area contributed by atoms with Gasteiger partial charge in [-0.15, -0.1) is 0 Å². The highest BCUT2D eigenvalue weighted by Gasteiger charge is 2.20. The fourth-order valence-corrected chi connectivity index (χ4v) is 1.78. The Morgan fingerprint density at radius 3 is 2.88 bits per heavy atom. The van der Waals surface area contributed by atoms with Crippen LogP contribution in [-0.2, 0) is 20.9 Å². The van der Waals surface area contributed by atoms with Gasteiger partial charge in [-0.05, 0) is 18.4 Å². The summed E-state index contributed by atoms with van der Waals surface area (Å²) in [6.07, 6.45) is 2.33. The zero-order chi connectivity index (χ0) is 11.2. The second kappa shape index (κ2) is 5.66. The van der Waals surface area contributed by atoms with Gasteiger partial charge in [0.15, 0.2) is 0 Å². The molecule has 0 aromatic heterocycles. The minimum atomic E-state index is -0.0976. The van der Waals surface area contributed by atoms with Crippen LogP contribution in [0.3, 0.4) is 0 Å². The summed E-state index contributed by atoms with van der Waals surface area (Å²) in [6.45, 7) is 1.08. The van der Waals surface area contributed by atoms with E-state index >= 15 is 0 Å². The van der Waals surface area contributed by atoms with E-state index in [0.717, 1.165) is 18.4 Å². The summed E-state index contributed by atoms with van der Waals surface area (Å²) in [6, 6.07) is 9.99. The van der Waals surface area contributed by atoms with E-state index in [9.17, 15) is 4.79 Å². The second-order valence-electron chi connectivity index (χ2n) is 4.00. The maximum absolute atomic E-state index is 11.0. The first-order valence-electron chi connectivity index (χ1n) is 5.66. The minimum absolute atomic E-state index is 0.0510. The fraction of sp³-hybridized carbons (Fsp3) is 0.462. The normalized spacial score (nSPS) is 20.5. The van der Waals surface area contributed by atoms with Gasteiger partial charge in [-0.3, -0.25) is 4.79 Å². The first-order valence-corrected chi connectivity index (χ1v) is 5.66. The highest BCUT2D eigenvalue weighted by molar-refractivity contribution is 5.70. The Labute approximate surface area is 95.4 Å². The van der Waals surface area contributed by atoms with Crippen LogP contribution >= 0.6 is 0 Å². The maximum atomic E-state index is 11.0. The van der Waals surface area contributed by atoms with Crippen LogP contribution in [0.4, 0.5) is 0 Å². The monoisotopic (exact) mass is 220 g/mol. The molecule has 1 fully saturated rings. The average Bonchev–Trinajstić information content (AvgIpc) is 2.30. The van der Waals surface area contributed by atoms with Gasteiger partial charge in [0.25, 0.3) is 0 Å². The lowest BCUT2D eigenvalue weighted by Gasteiger charge is -2.21. The third kappa shape index (κ3) is 3.35. The van der Waals surface area contributed by atoms with Crippen LogP contribution in [0.25, 0.3) is 0 Å². The van der Waals surface area contributed by atoms with Gasteiger partial charge in [-0.2, -0.15) is 0 Å². The number of hydrogen-bond donors (Lipinski definition) is 0. The van der Waals surface area contributed by atoms with Gasteiger partial charge in [0.1, 0.15) is 6.10 Å². The van der Waals surface area contributed by atoms with Crippen molar-refractivity contribution in [2.75, 3.05) is 6.61 Å². The van der Waals surface area contributed by atoms with Crippen LogP contribution in [0.1, 0.15) is 24.8 Å². The van der Waals surface area contributed by atoms with Crippen molar-refractivity contribution in [2.45, 2.75) is 32.0 Å². The summed E-state index contributed by atoms with van der Waals surface area (Å²) in [5.41, 5.74) is 1.14. The molecule has 1 aromatic rings. The van der Waals surface area contributed by atoms with Gasteiger partial charge in [0.05, 0.1) is 13.2 Å². The molecular weight excluding hydrogens is 204 g/mol. The lowest BCUT2D eigenvalue weighted by Crippen LogP contribution is -2.27. The smallest absolute Gasteiger partial charge is 0.306 e. The van der Waals surface area contributed by atoms with Crippen molar-refractivity contribution in [1.29, 1.82) is 0 Å². The van der Waals surface area contributed by atoms with E-state index in [1.54, 1.807) is 0 Å². The quantitative estimate of drug-likeness (QED) is 0.730. The summed E-state index contributed by atoms with van der Waals surface area (Å²) < 4.78 is 10.7. The molecule has 0 radical (unpaired) electrons. The molecule has 1 saturated heterocycles. The van der Waals surface area contributed by atoms with Gasteiger partial charge in [0, 0.05) is 6.42 Å². The molecule has 1 aliphatic rings.